The van der Waals surface area contributed by atoms with E-state index in [2.05, 4.69) is 70.9 Å². The van der Waals surface area contributed by atoms with Crippen LogP contribution in [-0.2, 0) is 0 Å². The third-order valence-electron chi connectivity index (χ3n) is 6.72. The molecular weight excluding hydrogens is 468 g/mol. The summed E-state index contributed by atoms with van der Waals surface area (Å²) in [7, 11) is 0. The lowest BCUT2D eigenvalue weighted by Crippen LogP contribution is -2.35. The zero-order valence-corrected chi connectivity index (χ0v) is 20.5. The fourth-order valence-corrected chi connectivity index (χ4v) is 4.86. The summed E-state index contributed by atoms with van der Waals surface area (Å²) in [4.78, 5) is 12.2. The van der Waals surface area contributed by atoms with Gasteiger partial charge in [0.1, 0.15) is 11.7 Å². The lowest BCUT2D eigenvalue weighted by atomic mass is 10.1. The summed E-state index contributed by atoms with van der Waals surface area (Å²) >= 11 is 0. The number of fused-ring (bicyclic) bond motifs is 2. The second kappa shape index (κ2) is 9.37. The monoisotopic (exact) mass is 492 g/mol. The van der Waals surface area contributed by atoms with Gasteiger partial charge < -0.3 is 15.0 Å². The molecule has 5 aromatic rings. The highest BCUT2D eigenvalue weighted by molar-refractivity contribution is 6.15. The summed E-state index contributed by atoms with van der Waals surface area (Å²) in [5.41, 5.74) is 6.14. The molecular formula is C33H24N4O. The smallest absolute Gasteiger partial charge is 0.169 e. The molecule has 1 N–H and O–H groups in total. The summed E-state index contributed by atoms with van der Waals surface area (Å²) in [5, 5.41) is 3.45. The maximum Gasteiger partial charge on any atom is 0.169 e. The fourth-order valence-electron chi connectivity index (χ4n) is 4.86. The Morgan fingerprint density at radius 2 is 1.00 bits per heavy atom. The van der Waals surface area contributed by atoms with Gasteiger partial charge in [0, 0.05) is 16.8 Å². The molecule has 182 valence electrons. The van der Waals surface area contributed by atoms with Gasteiger partial charge in [-0.25, -0.2) is 9.98 Å². The fraction of sp³-hybridized carbons (Fsp3) is 0.0303. The minimum Gasteiger partial charge on any atom is -0.453 e. The van der Waals surface area contributed by atoms with E-state index >= 15 is 0 Å². The second-order valence-corrected chi connectivity index (χ2v) is 9.15. The molecule has 0 aromatic heterocycles. The summed E-state index contributed by atoms with van der Waals surface area (Å²) in [6.07, 6.45) is -0.361. The predicted molar refractivity (Wildman–Crippen MR) is 153 cm³/mol. The highest BCUT2D eigenvalue weighted by Gasteiger charge is 2.26. The number of nitrogens with one attached hydrogen (secondary N) is 1. The molecule has 0 unspecified atom stereocenters. The number of benzene rings is 5. The zero-order chi connectivity index (χ0) is 25.3. The molecule has 0 saturated heterocycles. The number of anilines is 3. The van der Waals surface area contributed by atoms with Crippen LogP contribution in [0.25, 0.3) is 0 Å². The SMILES string of the molecule is c1ccc(C2=NC(c3ccc(N4c5ccccc5Oc5ccccc54)cc3)N=C(c3ccccc3)N2)cc1. The van der Waals surface area contributed by atoms with Gasteiger partial charge in [0.2, 0.25) is 0 Å². The van der Waals surface area contributed by atoms with Crippen molar-refractivity contribution in [2.45, 2.75) is 6.17 Å². The van der Waals surface area contributed by atoms with Crippen LogP contribution in [0.2, 0.25) is 0 Å². The van der Waals surface area contributed by atoms with Gasteiger partial charge in [-0.05, 0) is 42.0 Å². The molecule has 0 spiro atoms. The van der Waals surface area contributed by atoms with Crippen LogP contribution in [0.3, 0.4) is 0 Å². The summed E-state index contributed by atoms with van der Waals surface area (Å²) < 4.78 is 6.17. The van der Waals surface area contributed by atoms with E-state index in [4.69, 9.17) is 14.7 Å². The molecule has 0 aliphatic carbocycles. The van der Waals surface area contributed by atoms with Crippen LogP contribution in [0.5, 0.6) is 11.5 Å². The van der Waals surface area contributed by atoms with Gasteiger partial charge in [0.05, 0.1) is 11.4 Å². The van der Waals surface area contributed by atoms with E-state index in [-0.39, 0.29) is 6.17 Å². The van der Waals surface area contributed by atoms with E-state index in [0.29, 0.717) is 0 Å². The zero-order valence-electron chi connectivity index (χ0n) is 20.5. The molecule has 2 heterocycles. The molecule has 5 nitrogen and oxygen atoms in total. The summed E-state index contributed by atoms with van der Waals surface area (Å²) in [6, 6.07) is 45.1. The lowest BCUT2D eigenvalue weighted by Gasteiger charge is -2.33. The number of aliphatic imine (C=N–C) groups is 2. The third-order valence-corrected chi connectivity index (χ3v) is 6.72. The molecule has 7 rings (SSSR count). The predicted octanol–water partition coefficient (Wildman–Crippen LogP) is 7.76. The van der Waals surface area contributed by atoms with Crippen LogP contribution in [0.4, 0.5) is 17.1 Å². The maximum atomic E-state index is 6.17. The van der Waals surface area contributed by atoms with E-state index < -0.39 is 0 Å². The van der Waals surface area contributed by atoms with Crippen molar-refractivity contribution in [2.75, 3.05) is 4.90 Å². The van der Waals surface area contributed by atoms with E-state index in [9.17, 15) is 0 Å². The second-order valence-electron chi connectivity index (χ2n) is 9.15. The normalized spacial score (nSPS) is 14.4. The van der Waals surface area contributed by atoms with Crippen LogP contribution in [0.1, 0.15) is 22.9 Å². The van der Waals surface area contributed by atoms with E-state index in [0.717, 1.165) is 56.9 Å². The standard InChI is InChI=1S/C33H24N4O/c1-3-11-23(12-4-1)31-34-32(24-13-5-2-6-14-24)36-33(35-31)25-19-21-26(22-20-25)37-27-15-7-9-17-29(27)38-30-18-10-8-16-28(30)37/h1-22,33H,(H,34,35,36). The Morgan fingerprint density at radius 3 is 1.53 bits per heavy atom. The molecule has 38 heavy (non-hydrogen) atoms. The molecule has 0 amide bonds. The molecule has 5 heteroatoms. The Balaban J connectivity index is 1.28. The number of para-hydroxylation sites is 4. The highest BCUT2D eigenvalue weighted by atomic mass is 16.5. The molecule has 5 aromatic carbocycles. The van der Waals surface area contributed by atoms with Crippen molar-refractivity contribution in [1.29, 1.82) is 0 Å². The highest BCUT2D eigenvalue weighted by Crippen LogP contribution is 2.50. The number of hydrogen-bond donors (Lipinski definition) is 1. The third kappa shape index (κ3) is 4.00. The Bertz CT molecular complexity index is 1560. The van der Waals surface area contributed by atoms with E-state index in [1.807, 2.05) is 72.8 Å². The Morgan fingerprint density at radius 1 is 0.526 bits per heavy atom. The Hall–Kier alpha value is -5.16. The first-order valence-corrected chi connectivity index (χ1v) is 12.6. The van der Waals surface area contributed by atoms with E-state index in [1.54, 1.807) is 0 Å². The molecule has 0 radical (unpaired) electrons. The summed E-state index contributed by atoms with van der Waals surface area (Å²) in [6.45, 7) is 0. The molecule has 0 fully saturated rings. The molecule has 0 saturated carbocycles. The van der Waals surface area contributed by atoms with Crippen molar-refractivity contribution in [1.82, 2.24) is 5.32 Å². The largest absolute Gasteiger partial charge is 0.453 e. The van der Waals surface area contributed by atoms with Crippen molar-refractivity contribution in [3.05, 3.63) is 150 Å². The van der Waals surface area contributed by atoms with Crippen molar-refractivity contribution < 1.29 is 4.74 Å². The van der Waals surface area contributed by atoms with E-state index in [1.165, 1.54) is 0 Å². The van der Waals surface area contributed by atoms with Gasteiger partial charge in [-0.3, -0.25) is 0 Å². The summed E-state index contributed by atoms with van der Waals surface area (Å²) in [5.74, 6) is 3.29. The minimum absolute atomic E-state index is 0.361. The van der Waals surface area contributed by atoms with Crippen LogP contribution in [0.15, 0.2) is 143 Å². The maximum absolute atomic E-state index is 6.17. The van der Waals surface area contributed by atoms with Crippen LogP contribution in [-0.4, -0.2) is 11.7 Å². The number of ether oxygens (including phenoxy) is 1. The Kier molecular flexibility index (Phi) is 5.44. The number of hydrogen-bond acceptors (Lipinski definition) is 5. The average Bonchev–Trinajstić information content (AvgIpc) is 3.00. The van der Waals surface area contributed by atoms with Crippen molar-refractivity contribution in [3.8, 4) is 11.5 Å². The quantitative estimate of drug-likeness (QED) is 0.274. The van der Waals surface area contributed by atoms with Gasteiger partial charge in [-0.2, -0.15) is 0 Å². The van der Waals surface area contributed by atoms with Gasteiger partial charge in [-0.1, -0.05) is 97.1 Å². The molecule has 2 aliphatic heterocycles. The average molecular weight is 493 g/mol. The number of nitrogens with zero attached hydrogens (tertiary/aromatic N) is 3. The Labute approximate surface area is 221 Å². The van der Waals surface area contributed by atoms with Crippen molar-refractivity contribution in [2.24, 2.45) is 9.98 Å². The van der Waals surface area contributed by atoms with Crippen LogP contribution < -0.4 is 15.0 Å². The van der Waals surface area contributed by atoms with Crippen molar-refractivity contribution >= 4 is 28.7 Å². The molecule has 2 aliphatic rings. The topological polar surface area (TPSA) is 49.2 Å². The van der Waals surface area contributed by atoms with Gasteiger partial charge in [0.15, 0.2) is 17.7 Å². The van der Waals surface area contributed by atoms with Crippen molar-refractivity contribution in [3.63, 3.8) is 0 Å². The first kappa shape index (κ1) is 22.1. The van der Waals surface area contributed by atoms with Gasteiger partial charge >= 0.3 is 0 Å². The molecule has 0 atom stereocenters. The first-order chi connectivity index (χ1) is 18.8. The van der Waals surface area contributed by atoms with Gasteiger partial charge in [-0.15, -0.1) is 0 Å². The number of amidine groups is 2. The molecule has 0 bridgehead atoms. The lowest BCUT2D eigenvalue weighted by molar-refractivity contribution is 0.477. The number of rotatable bonds is 4. The minimum atomic E-state index is -0.361. The van der Waals surface area contributed by atoms with Crippen LogP contribution in [0, 0.1) is 0 Å². The van der Waals surface area contributed by atoms with Crippen LogP contribution >= 0.6 is 0 Å². The first-order valence-electron chi connectivity index (χ1n) is 12.6. The van der Waals surface area contributed by atoms with Gasteiger partial charge in [0.25, 0.3) is 0 Å².